The highest BCUT2D eigenvalue weighted by atomic mass is 79.9. The average molecular weight is 714 g/mol. The minimum atomic E-state index is -1.04. The van der Waals surface area contributed by atoms with Crippen LogP contribution in [0.1, 0.15) is 23.6 Å². The van der Waals surface area contributed by atoms with E-state index in [0.717, 1.165) is 26.7 Å². The third kappa shape index (κ3) is 8.17. The fraction of sp³-hybridized carbons (Fsp3) is 0.219. The van der Waals surface area contributed by atoms with Gasteiger partial charge in [-0.2, -0.15) is 0 Å². The Morgan fingerprint density at radius 2 is 1.74 bits per heavy atom. The van der Waals surface area contributed by atoms with Gasteiger partial charge in [-0.25, -0.2) is 4.63 Å². The Morgan fingerprint density at radius 3 is 2.48 bits per heavy atom. The SMILES string of the molecule is CCOC(=O)[C@@H](CO)NCc1cc([N+](=O)[O-])c(OCc2cccc(-c3ccccc3)c2Br)cc1OCc1ccc2nonc2c1.Cl. The van der Waals surface area contributed by atoms with Crippen LogP contribution in [0.3, 0.4) is 0 Å². The summed E-state index contributed by atoms with van der Waals surface area (Å²) in [6.45, 7) is 1.34. The number of nitrogens with zero attached hydrogens (tertiary/aromatic N) is 3. The van der Waals surface area contributed by atoms with Gasteiger partial charge in [-0.3, -0.25) is 20.2 Å². The normalized spacial score (nSPS) is 11.5. The third-order valence-electron chi connectivity index (χ3n) is 6.89. The van der Waals surface area contributed by atoms with Gasteiger partial charge in [0.05, 0.1) is 18.1 Å². The van der Waals surface area contributed by atoms with E-state index in [2.05, 4.69) is 31.6 Å². The number of nitrogens with one attached hydrogen (secondary N) is 1. The Labute approximate surface area is 278 Å². The zero-order valence-corrected chi connectivity index (χ0v) is 27.0. The predicted molar refractivity (Wildman–Crippen MR) is 175 cm³/mol. The lowest BCUT2D eigenvalue weighted by molar-refractivity contribution is -0.386. The number of aromatic nitrogens is 2. The third-order valence-corrected chi connectivity index (χ3v) is 7.83. The molecule has 0 spiro atoms. The largest absolute Gasteiger partial charge is 0.488 e. The summed E-state index contributed by atoms with van der Waals surface area (Å²) in [7, 11) is 0. The molecule has 0 bridgehead atoms. The number of fused-ring (bicyclic) bond motifs is 1. The Morgan fingerprint density at radius 1 is 0.978 bits per heavy atom. The van der Waals surface area contributed by atoms with Crippen LogP contribution in [-0.2, 0) is 29.3 Å². The molecule has 1 heterocycles. The van der Waals surface area contributed by atoms with Crippen molar-refractivity contribution in [2.45, 2.75) is 32.7 Å². The molecule has 0 aliphatic rings. The van der Waals surface area contributed by atoms with Crippen LogP contribution in [0.15, 0.2) is 88.0 Å². The van der Waals surface area contributed by atoms with Crippen molar-refractivity contribution in [2.24, 2.45) is 0 Å². The molecule has 12 nitrogen and oxygen atoms in total. The lowest BCUT2D eigenvalue weighted by atomic mass is 10.0. The van der Waals surface area contributed by atoms with E-state index in [9.17, 15) is 20.0 Å². The number of carbonyl (C=O) groups excluding carboxylic acids is 1. The van der Waals surface area contributed by atoms with Gasteiger partial charge in [-0.15, -0.1) is 12.4 Å². The van der Waals surface area contributed by atoms with Gasteiger partial charge < -0.3 is 19.3 Å². The first-order chi connectivity index (χ1) is 21.9. The van der Waals surface area contributed by atoms with Gasteiger partial charge in [0.1, 0.15) is 36.0 Å². The molecule has 1 atom stereocenters. The van der Waals surface area contributed by atoms with E-state index < -0.39 is 23.5 Å². The van der Waals surface area contributed by atoms with Crippen molar-refractivity contribution in [3.63, 3.8) is 0 Å². The molecule has 0 aliphatic carbocycles. The Kier molecular flexibility index (Phi) is 12.0. The highest BCUT2D eigenvalue weighted by molar-refractivity contribution is 9.10. The quantitative estimate of drug-likeness (QED) is 0.0772. The summed E-state index contributed by atoms with van der Waals surface area (Å²) in [5.74, 6) is -0.370. The number of nitro groups is 1. The summed E-state index contributed by atoms with van der Waals surface area (Å²) >= 11 is 3.67. The van der Waals surface area contributed by atoms with E-state index in [4.69, 9.17) is 18.8 Å². The minimum Gasteiger partial charge on any atom is -0.488 e. The highest BCUT2D eigenvalue weighted by Crippen LogP contribution is 2.37. The zero-order chi connectivity index (χ0) is 31.8. The first-order valence-corrected chi connectivity index (χ1v) is 14.8. The molecule has 1 aromatic heterocycles. The van der Waals surface area contributed by atoms with Crippen LogP contribution in [0, 0.1) is 10.1 Å². The van der Waals surface area contributed by atoms with Crippen molar-refractivity contribution in [1.82, 2.24) is 15.6 Å². The molecule has 0 radical (unpaired) electrons. The van der Waals surface area contributed by atoms with E-state index in [1.807, 2.05) is 48.5 Å². The fourth-order valence-corrected chi connectivity index (χ4v) is 5.20. The maximum Gasteiger partial charge on any atom is 0.325 e. The number of rotatable bonds is 14. The molecule has 0 saturated heterocycles. The lowest BCUT2D eigenvalue weighted by Gasteiger charge is -2.18. The van der Waals surface area contributed by atoms with Crippen molar-refractivity contribution >= 4 is 51.0 Å². The number of carbonyl (C=O) groups is 1. The van der Waals surface area contributed by atoms with Gasteiger partial charge in [0.25, 0.3) is 0 Å². The Hall–Kier alpha value is -4.56. The van der Waals surface area contributed by atoms with Gasteiger partial charge >= 0.3 is 11.7 Å². The summed E-state index contributed by atoms with van der Waals surface area (Å²) in [5, 5.41) is 32.5. The van der Waals surface area contributed by atoms with Crippen LogP contribution in [0.2, 0.25) is 0 Å². The second-order valence-corrected chi connectivity index (χ2v) is 10.7. The molecule has 0 fully saturated rings. The molecular weight excluding hydrogens is 684 g/mol. The zero-order valence-electron chi connectivity index (χ0n) is 24.6. The van der Waals surface area contributed by atoms with Crippen LogP contribution in [0.4, 0.5) is 5.69 Å². The van der Waals surface area contributed by atoms with Gasteiger partial charge in [0.15, 0.2) is 0 Å². The van der Waals surface area contributed by atoms with Gasteiger partial charge in [0.2, 0.25) is 5.75 Å². The number of hydrogen-bond acceptors (Lipinski definition) is 11. The molecule has 2 N–H and O–H groups in total. The van der Waals surface area contributed by atoms with Crippen molar-refractivity contribution in [3.05, 3.63) is 110 Å². The molecule has 0 unspecified atom stereocenters. The molecule has 5 aromatic rings. The number of benzene rings is 4. The van der Waals surface area contributed by atoms with Crippen molar-refractivity contribution in [3.8, 4) is 22.6 Å². The summed E-state index contributed by atoms with van der Waals surface area (Å²) in [6, 6.07) is 22.6. The van der Waals surface area contributed by atoms with E-state index in [0.29, 0.717) is 16.6 Å². The molecule has 46 heavy (non-hydrogen) atoms. The predicted octanol–water partition coefficient (Wildman–Crippen LogP) is 6.15. The number of halogens is 2. The molecule has 240 valence electrons. The first kappa shape index (κ1) is 34.3. The Bertz CT molecular complexity index is 1800. The van der Waals surface area contributed by atoms with Crippen LogP contribution in [-0.4, -0.2) is 45.6 Å². The summed E-state index contributed by atoms with van der Waals surface area (Å²) in [4.78, 5) is 23.9. The van der Waals surface area contributed by atoms with Crippen LogP contribution in [0.25, 0.3) is 22.2 Å². The summed E-state index contributed by atoms with van der Waals surface area (Å²) in [6.07, 6.45) is 0. The van der Waals surface area contributed by atoms with E-state index in [-0.39, 0.29) is 56.0 Å². The van der Waals surface area contributed by atoms with Gasteiger partial charge in [-0.05, 0) is 62.0 Å². The molecule has 0 amide bonds. The molecule has 5 rings (SSSR count). The van der Waals surface area contributed by atoms with E-state index in [1.165, 1.54) is 12.1 Å². The monoisotopic (exact) mass is 712 g/mol. The van der Waals surface area contributed by atoms with Gasteiger partial charge in [0, 0.05) is 34.3 Å². The average Bonchev–Trinajstić information content (AvgIpc) is 3.52. The summed E-state index contributed by atoms with van der Waals surface area (Å²) < 4.78 is 22.8. The van der Waals surface area contributed by atoms with Crippen LogP contribution >= 0.6 is 28.3 Å². The number of hydrogen-bond donors (Lipinski definition) is 2. The molecule has 4 aromatic carbocycles. The van der Waals surface area contributed by atoms with Crippen LogP contribution in [0.5, 0.6) is 11.5 Å². The minimum absolute atomic E-state index is 0. The molecule has 0 saturated carbocycles. The maximum absolute atomic E-state index is 12.2. The molecule has 14 heteroatoms. The second-order valence-electron chi connectivity index (χ2n) is 9.86. The summed E-state index contributed by atoms with van der Waals surface area (Å²) in [5.41, 5.74) is 4.71. The standard InChI is InChI=1S/C32H29BrN4O8.ClH/c1-2-42-32(39)27(17-38)34-16-23-14-28(37(40)41)30(15-29(23)43-18-20-11-12-25-26(13-20)36-45-35-25)44-19-22-9-6-10-24(31(22)33)21-7-4-3-5-8-21;/h3-15,27,34,38H,2,16-19H2,1H3;1H/t27-;/m1./s1. The molecule has 0 aliphatic heterocycles. The topological polar surface area (TPSA) is 159 Å². The van der Waals surface area contributed by atoms with Crippen molar-refractivity contribution in [1.29, 1.82) is 0 Å². The van der Waals surface area contributed by atoms with Gasteiger partial charge in [-0.1, -0.05) is 54.6 Å². The first-order valence-electron chi connectivity index (χ1n) is 14.0. The molecular formula is C32H30BrClN4O8. The number of aliphatic hydroxyl groups is 1. The maximum atomic E-state index is 12.2. The smallest absolute Gasteiger partial charge is 0.325 e. The van der Waals surface area contributed by atoms with E-state index in [1.54, 1.807) is 25.1 Å². The van der Waals surface area contributed by atoms with E-state index >= 15 is 0 Å². The number of aliphatic hydroxyl groups excluding tert-OH is 1. The van der Waals surface area contributed by atoms with Crippen LogP contribution < -0.4 is 14.8 Å². The highest BCUT2D eigenvalue weighted by Gasteiger charge is 2.24. The fourth-order valence-electron chi connectivity index (χ4n) is 4.59. The number of ether oxygens (including phenoxy) is 3. The van der Waals surface area contributed by atoms with Crippen molar-refractivity contribution in [2.75, 3.05) is 13.2 Å². The number of esters is 1. The second kappa shape index (κ2) is 16.1. The lowest BCUT2D eigenvalue weighted by Crippen LogP contribution is -2.40. The number of nitro benzene ring substituents is 1. The van der Waals surface area contributed by atoms with Crippen molar-refractivity contribution < 1.29 is 33.7 Å². The Balaban J connectivity index is 0.00000480.